The van der Waals surface area contributed by atoms with Gasteiger partial charge in [-0.3, -0.25) is 4.79 Å². The maximum absolute atomic E-state index is 12.7. The van der Waals surface area contributed by atoms with Gasteiger partial charge in [-0.05, 0) is 36.8 Å². The first-order valence-electron chi connectivity index (χ1n) is 8.83. The number of halogens is 1. The van der Waals surface area contributed by atoms with Crippen LogP contribution in [0.25, 0.3) is 0 Å². The molecular weight excluding hydrogens is 356 g/mol. The van der Waals surface area contributed by atoms with E-state index in [0.29, 0.717) is 42.6 Å². The summed E-state index contributed by atoms with van der Waals surface area (Å²) in [6, 6.07) is 3.92. The van der Waals surface area contributed by atoms with Crippen molar-refractivity contribution in [3.8, 4) is 17.2 Å². The van der Waals surface area contributed by atoms with E-state index in [4.69, 9.17) is 19.9 Å². The van der Waals surface area contributed by atoms with Crippen molar-refractivity contribution in [3.05, 3.63) is 17.7 Å². The molecule has 0 aliphatic carbocycles. The Bertz CT molecular complexity index is 597. The number of hydrogen-bond donors (Lipinski definition) is 1. The van der Waals surface area contributed by atoms with Crippen LogP contribution in [0.5, 0.6) is 17.2 Å². The van der Waals surface area contributed by atoms with Crippen molar-refractivity contribution in [1.82, 2.24) is 4.90 Å². The van der Waals surface area contributed by atoms with Crippen LogP contribution in [0, 0.1) is 5.92 Å². The number of rotatable bonds is 7. The Morgan fingerprint density at radius 3 is 2.46 bits per heavy atom. The number of likely N-dealkylation sites (tertiary alicyclic amines) is 1. The zero-order chi connectivity index (χ0) is 18.4. The van der Waals surface area contributed by atoms with Crippen molar-refractivity contribution in [1.29, 1.82) is 0 Å². The van der Waals surface area contributed by atoms with Gasteiger partial charge in [0, 0.05) is 25.6 Å². The Balaban J connectivity index is 0.00000338. The lowest BCUT2D eigenvalue weighted by Gasteiger charge is -2.38. The third-order valence-electron chi connectivity index (χ3n) is 4.96. The zero-order valence-electron chi connectivity index (χ0n) is 16.1. The van der Waals surface area contributed by atoms with Crippen LogP contribution in [0.1, 0.15) is 31.7 Å². The van der Waals surface area contributed by atoms with E-state index < -0.39 is 0 Å². The van der Waals surface area contributed by atoms with E-state index in [1.807, 2.05) is 17.0 Å². The highest BCUT2D eigenvalue weighted by Crippen LogP contribution is 2.40. The van der Waals surface area contributed by atoms with Crippen molar-refractivity contribution >= 4 is 18.3 Å². The molecule has 1 aromatic carbocycles. The smallest absolute Gasteiger partial charge is 0.223 e. The molecule has 1 aliphatic rings. The highest BCUT2D eigenvalue weighted by molar-refractivity contribution is 5.85. The van der Waals surface area contributed by atoms with Crippen LogP contribution in [0.15, 0.2) is 12.1 Å². The van der Waals surface area contributed by atoms with Crippen LogP contribution in [-0.2, 0) is 11.2 Å². The van der Waals surface area contributed by atoms with Gasteiger partial charge in [-0.15, -0.1) is 12.4 Å². The van der Waals surface area contributed by atoms with Crippen molar-refractivity contribution in [2.45, 2.75) is 38.6 Å². The summed E-state index contributed by atoms with van der Waals surface area (Å²) in [5, 5.41) is 0. The van der Waals surface area contributed by atoms with E-state index in [0.717, 1.165) is 24.9 Å². The number of amides is 1. The lowest BCUT2D eigenvalue weighted by atomic mass is 9.92. The lowest BCUT2D eigenvalue weighted by Crippen LogP contribution is -2.49. The summed E-state index contributed by atoms with van der Waals surface area (Å²) >= 11 is 0. The van der Waals surface area contributed by atoms with E-state index in [1.165, 1.54) is 0 Å². The molecule has 148 valence electrons. The molecule has 2 N–H and O–H groups in total. The molecule has 1 fully saturated rings. The molecule has 26 heavy (non-hydrogen) atoms. The van der Waals surface area contributed by atoms with Gasteiger partial charge in [-0.25, -0.2) is 0 Å². The summed E-state index contributed by atoms with van der Waals surface area (Å²) in [5.41, 5.74) is 6.81. The number of carbonyl (C=O) groups excluding carboxylic acids is 1. The van der Waals surface area contributed by atoms with E-state index >= 15 is 0 Å². The van der Waals surface area contributed by atoms with Crippen LogP contribution >= 0.6 is 12.4 Å². The molecule has 0 bridgehead atoms. The number of aryl methyl sites for hydroxylation is 1. The standard InChI is InChI=1S/C19H30N2O4.ClH/c1-13-9-10-21(15(11-13)12-20)17(22)8-6-14-5-7-16(23-2)19(25-4)18(14)24-3;/h5,7,13,15H,6,8-12,20H2,1-4H3;1H. The number of carbonyl (C=O) groups is 1. The Morgan fingerprint density at radius 1 is 1.19 bits per heavy atom. The Hall–Kier alpha value is -1.66. The molecular formula is C19H31ClN2O4. The van der Waals surface area contributed by atoms with Gasteiger partial charge in [-0.2, -0.15) is 0 Å². The van der Waals surface area contributed by atoms with Gasteiger partial charge in [-0.1, -0.05) is 13.0 Å². The Kier molecular flexibility index (Phi) is 9.02. The molecule has 1 heterocycles. The molecule has 1 saturated heterocycles. The molecule has 2 unspecified atom stereocenters. The average molecular weight is 387 g/mol. The van der Waals surface area contributed by atoms with Crippen LogP contribution in [0.4, 0.5) is 0 Å². The van der Waals surface area contributed by atoms with Gasteiger partial charge < -0.3 is 24.8 Å². The first-order valence-corrected chi connectivity index (χ1v) is 8.83. The number of benzene rings is 1. The van der Waals surface area contributed by atoms with Crippen LogP contribution in [0.2, 0.25) is 0 Å². The molecule has 1 amide bonds. The minimum Gasteiger partial charge on any atom is -0.493 e. The number of methoxy groups -OCH3 is 3. The summed E-state index contributed by atoms with van der Waals surface area (Å²) in [6.45, 7) is 3.54. The Morgan fingerprint density at radius 2 is 1.88 bits per heavy atom. The molecule has 2 atom stereocenters. The third-order valence-corrected chi connectivity index (χ3v) is 4.96. The van der Waals surface area contributed by atoms with Gasteiger partial charge in [0.05, 0.1) is 21.3 Å². The molecule has 0 saturated carbocycles. The van der Waals surface area contributed by atoms with E-state index in [2.05, 4.69) is 6.92 Å². The lowest BCUT2D eigenvalue weighted by molar-refractivity contribution is -0.135. The number of piperidine rings is 1. The van der Waals surface area contributed by atoms with Crippen molar-refractivity contribution in [3.63, 3.8) is 0 Å². The first-order chi connectivity index (χ1) is 12.0. The summed E-state index contributed by atoms with van der Waals surface area (Å²) in [4.78, 5) is 14.6. The zero-order valence-corrected chi connectivity index (χ0v) is 16.9. The van der Waals surface area contributed by atoms with Crippen LogP contribution in [0.3, 0.4) is 0 Å². The second-order valence-corrected chi connectivity index (χ2v) is 6.60. The fourth-order valence-electron chi connectivity index (χ4n) is 3.55. The summed E-state index contributed by atoms with van der Waals surface area (Å²) in [6.07, 6.45) is 3.05. The van der Waals surface area contributed by atoms with Crippen molar-refractivity contribution in [2.24, 2.45) is 11.7 Å². The molecule has 6 nitrogen and oxygen atoms in total. The van der Waals surface area contributed by atoms with Gasteiger partial charge in [0.15, 0.2) is 11.5 Å². The summed E-state index contributed by atoms with van der Waals surface area (Å²) in [5.74, 6) is 2.57. The summed E-state index contributed by atoms with van der Waals surface area (Å²) < 4.78 is 16.2. The van der Waals surface area contributed by atoms with Crippen LogP contribution in [-0.4, -0.2) is 51.3 Å². The molecule has 0 aromatic heterocycles. The summed E-state index contributed by atoms with van der Waals surface area (Å²) in [7, 11) is 4.76. The fraction of sp³-hybridized carbons (Fsp3) is 0.632. The Labute approximate surface area is 162 Å². The van der Waals surface area contributed by atoms with Gasteiger partial charge >= 0.3 is 0 Å². The minimum absolute atomic E-state index is 0. The molecule has 0 radical (unpaired) electrons. The predicted octanol–water partition coefficient (Wildman–Crippen LogP) is 2.65. The van der Waals surface area contributed by atoms with Gasteiger partial charge in [0.1, 0.15) is 0 Å². The third kappa shape index (κ3) is 4.95. The van der Waals surface area contributed by atoms with Gasteiger partial charge in [0.25, 0.3) is 0 Å². The number of ether oxygens (including phenoxy) is 3. The maximum atomic E-state index is 12.7. The predicted molar refractivity (Wildman–Crippen MR) is 105 cm³/mol. The van der Waals surface area contributed by atoms with Gasteiger partial charge in [0.2, 0.25) is 11.7 Å². The fourth-order valence-corrected chi connectivity index (χ4v) is 3.55. The first kappa shape index (κ1) is 22.4. The number of hydrogen-bond acceptors (Lipinski definition) is 5. The maximum Gasteiger partial charge on any atom is 0.223 e. The number of nitrogens with two attached hydrogens (primary N) is 1. The highest BCUT2D eigenvalue weighted by Gasteiger charge is 2.28. The molecule has 0 spiro atoms. The van der Waals surface area contributed by atoms with Crippen molar-refractivity contribution < 1.29 is 19.0 Å². The second kappa shape index (κ2) is 10.5. The van der Waals surface area contributed by atoms with Crippen molar-refractivity contribution in [2.75, 3.05) is 34.4 Å². The minimum atomic E-state index is 0. The molecule has 1 aliphatic heterocycles. The average Bonchev–Trinajstić information content (AvgIpc) is 2.64. The monoisotopic (exact) mass is 386 g/mol. The molecule has 1 aromatic rings. The van der Waals surface area contributed by atoms with E-state index in [9.17, 15) is 4.79 Å². The van der Waals surface area contributed by atoms with Crippen LogP contribution < -0.4 is 19.9 Å². The second-order valence-electron chi connectivity index (χ2n) is 6.60. The molecule has 2 rings (SSSR count). The quantitative estimate of drug-likeness (QED) is 0.779. The SMILES string of the molecule is COc1ccc(CCC(=O)N2CCC(C)CC2CN)c(OC)c1OC.Cl. The molecule has 7 heteroatoms. The highest BCUT2D eigenvalue weighted by atomic mass is 35.5. The normalized spacial score (nSPS) is 19.5. The van der Waals surface area contributed by atoms with E-state index in [-0.39, 0.29) is 24.4 Å². The van der Waals surface area contributed by atoms with E-state index in [1.54, 1.807) is 21.3 Å². The number of nitrogens with zero attached hydrogens (tertiary/aromatic N) is 1. The largest absolute Gasteiger partial charge is 0.493 e. The topological polar surface area (TPSA) is 74.0 Å².